The molecule has 0 spiro atoms. The van der Waals surface area contributed by atoms with E-state index in [0.717, 1.165) is 38.8 Å². The number of nitrogens with one attached hydrogen (secondary N) is 1. The van der Waals surface area contributed by atoms with Gasteiger partial charge in [0.05, 0.1) is 12.3 Å². The Kier molecular flexibility index (Phi) is 5.85. The molecule has 0 aromatic carbocycles. The minimum absolute atomic E-state index is 0.179. The molecule has 0 radical (unpaired) electrons. The summed E-state index contributed by atoms with van der Waals surface area (Å²) in [5.74, 6) is 0.440. The van der Waals surface area contributed by atoms with E-state index >= 15 is 0 Å². The second-order valence-electron chi connectivity index (χ2n) is 6.61. The third kappa shape index (κ3) is 4.20. The van der Waals surface area contributed by atoms with E-state index in [4.69, 9.17) is 0 Å². The number of carbonyl (C=O) groups is 1. The lowest BCUT2D eigenvalue weighted by atomic mass is 9.90. The molecule has 0 saturated carbocycles. The Bertz CT molecular complexity index is 488. The van der Waals surface area contributed by atoms with Crippen molar-refractivity contribution in [3.8, 4) is 0 Å². The van der Waals surface area contributed by atoms with Crippen molar-refractivity contribution < 1.29 is 13.2 Å². The number of piperidine rings is 1. The van der Waals surface area contributed by atoms with E-state index in [1.807, 2.05) is 11.8 Å². The molecule has 1 N–H and O–H groups in total. The van der Waals surface area contributed by atoms with Crippen LogP contribution in [0.1, 0.15) is 39.5 Å². The fraction of sp³-hybridized carbons (Fsp3) is 0.933. The van der Waals surface area contributed by atoms with E-state index in [1.165, 1.54) is 6.26 Å². The first kappa shape index (κ1) is 17.7. The molecule has 6 nitrogen and oxygen atoms in total. The number of sulfonamides is 1. The van der Waals surface area contributed by atoms with Crippen LogP contribution >= 0.6 is 0 Å². The molecule has 2 saturated heterocycles. The fourth-order valence-electron chi connectivity index (χ4n) is 3.54. The van der Waals surface area contributed by atoms with Gasteiger partial charge in [-0.2, -0.15) is 0 Å². The van der Waals surface area contributed by atoms with Gasteiger partial charge in [-0.3, -0.25) is 4.79 Å². The van der Waals surface area contributed by atoms with Gasteiger partial charge >= 0.3 is 0 Å². The Morgan fingerprint density at radius 1 is 1.27 bits per heavy atom. The Morgan fingerprint density at radius 2 is 1.91 bits per heavy atom. The number of hydrogen-bond acceptors (Lipinski definition) is 4. The average Bonchev–Trinajstić information content (AvgIpc) is 2.99. The van der Waals surface area contributed by atoms with Gasteiger partial charge in [0.1, 0.15) is 0 Å². The second kappa shape index (κ2) is 7.27. The minimum atomic E-state index is -3.12. The van der Waals surface area contributed by atoms with Crippen LogP contribution in [-0.2, 0) is 14.8 Å². The zero-order valence-electron chi connectivity index (χ0n) is 13.9. The van der Waals surface area contributed by atoms with Crippen LogP contribution in [0.25, 0.3) is 0 Å². The largest absolute Gasteiger partial charge is 0.341 e. The van der Waals surface area contributed by atoms with Gasteiger partial charge in [0.25, 0.3) is 0 Å². The molecular weight excluding hydrogens is 302 g/mol. The summed E-state index contributed by atoms with van der Waals surface area (Å²) < 4.78 is 25.0. The molecule has 0 aromatic heterocycles. The van der Waals surface area contributed by atoms with Crippen molar-refractivity contribution >= 4 is 15.9 Å². The van der Waals surface area contributed by atoms with E-state index in [2.05, 4.69) is 12.2 Å². The lowest BCUT2D eigenvalue weighted by Crippen LogP contribution is -2.55. The molecule has 2 aliphatic rings. The van der Waals surface area contributed by atoms with Gasteiger partial charge in [-0.15, -0.1) is 0 Å². The number of hydrogen-bond donors (Lipinski definition) is 1. The van der Waals surface area contributed by atoms with Crippen LogP contribution in [0.3, 0.4) is 0 Å². The highest BCUT2D eigenvalue weighted by molar-refractivity contribution is 7.88. The predicted octanol–water partition coefficient (Wildman–Crippen LogP) is 0.647. The zero-order valence-corrected chi connectivity index (χ0v) is 14.7. The van der Waals surface area contributed by atoms with E-state index in [0.29, 0.717) is 13.1 Å². The van der Waals surface area contributed by atoms with E-state index in [9.17, 15) is 13.2 Å². The maximum atomic E-state index is 12.4. The molecule has 22 heavy (non-hydrogen) atoms. The third-order valence-corrected chi connectivity index (χ3v) is 6.21. The van der Waals surface area contributed by atoms with Gasteiger partial charge in [0, 0.05) is 32.2 Å². The van der Waals surface area contributed by atoms with Crippen molar-refractivity contribution in [1.29, 1.82) is 0 Å². The van der Waals surface area contributed by atoms with Crippen LogP contribution < -0.4 is 5.32 Å². The standard InChI is InChI=1S/C15H29N3O3S/c1-4-13-11-18(22(3,20)21)10-7-14(13)16-12(2)15(19)17-8-5-6-9-17/h12-14,16H,4-11H2,1-3H3/t12-,13-,14-/m1/s1. The predicted molar refractivity (Wildman–Crippen MR) is 87.0 cm³/mol. The molecule has 2 rings (SSSR count). The molecule has 1 amide bonds. The topological polar surface area (TPSA) is 69.7 Å². The molecule has 0 aliphatic carbocycles. The maximum absolute atomic E-state index is 12.4. The first-order valence-corrected chi connectivity index (χ1v) is 10.2. The Balaban J connectivity index is 1.93. The van der Waals surface area contributed by atoms with Gasteiger partial charge in [-0.05, 0) is 32.1 Å². The van der Waals surface area contributed by atoms with Gasteiger partial charge in [0.2, 0.25) is 15.9 Å². The summed E-state index contributed by atoms with van der Waals surface area (Å²) in [5, 5.41) is 3.46. The molecule has 0 bridgehead atoms. The summed E-state index contributed by atoms with van der Waals surface area (Å²) in [4.78, 5) is 14.3. The van der Waals surface area contributed by atoms with Crippen molar-refractivity contribution in [3.05, 3.63) is 0 Å². The van der Waals surface area contributed by atoms with Gasteiger partial charge in [-0.25, -0.2) is 12.7 Å². The van der Waals surface area contributed by atoms with Crippen molar-refractivity contribution in [3.63, 3.8) is 0 Å². The number of amides is 1. The minimum Gasteiger partial charge on any atom is -0.341 e. The summed E-state index contributed by atoms with van der Waals surface area (Å²) in [5.41, 5.74) is 0. The zero-order chi connectivity index (χ0) is 16.3. The summed E-state index contributed by atoms with van der Waals surface area (Å²) in [6.45, 7) is 6.84. The van der Waals surface area contributed by atoms with Crippen molar-refractivity contribution in [2.45, 2.75) is 51.6 Å². The monoisotopic (exact) mass is 331 g/mol. The number of likely N-dealkylation sites (tertiary alicyclic amines) is 1. The van der Waals surface area contributed by atoms with Gasteiger partial charge in [0.15, 0.2) is 0 Å². The van der Waals surface area contributed by atoms with Crippen molar-refractivity contribution in [2.24, 2.45) is 5.92 Å². The summed E-state index contributed by atoms with van der Waals surface area (Å²) in [6, 6.07) is 0.0199. The smallest absolute Gasteiger partial charge is 0.239 e. The summed E-state index contributed by atoms with van der Waals surface area (Å²) in [7, 11) is -3.12. The molecule has 2 aliphatic heterocycles. The highest BCUT2D eigenvalue weighted by atomic mass is 32.2. The molecular formula is C15H29N3O3S. The lowest BCUT2D eigenvalue weighted by Gasteiger charge is -2.39. The molecule has 128 valence electrons. The number of carbonyl (C=O) groups excluding carboxylic acids is 1. The van der Waals surface area contributed by atoms with Crippen LogP contribution in [0.4, 0.5) is 0 Å². The Hall–Kier alpha value is -0.660. The summed E-state index contributed by atoms with van der Waals surface area (Å²) >= 11 is 0. The number of rotatable bonds is 5. The second-order valence-corrected chi connectivity index (χ2v) is 8.59. The number of nitrogens with zero attached hydrogens (tertiary/aromatic N) is 2. The molecule has 0 unspecified atom stereocenters. The fourth-order valence-corrected chi connectivity index (χ4v) is 4.44. The SMILES string of the molecule is CC[C@@H]1CN(S(C)(=O)=O)CC[C@H]1N[C@H](C)C(=O)N1CCCC1. The van der Waals surface area contributed by atoms with Crippen LogP contribution in [-0.4, -0.2) is 68.0 Å². The van der Waals surface area contributed by atoms with E-state index in [1.54, 1.807) is 4.31 Å². The maximum Gasteiger partial charge on any atom is 0.239 e. The van der Waals surface area contributed by atoms with Gasteiger partial charge < -0.3 is 10.2 Å². The molecule has 3 atom stereocenters. The van der Waals surface area contributed by atoms with E-state index in [-0.39, 0.29) is 23.9 Å². The highest BCUT2D eigenvalue weighted by Crippen LogP contribution is 2.23. The molecule has 2 fully saturated rings. The van der Waals surface area contributed by atoms with Crippen LogP contribution in [0.15, 0.2) is 0 Å². The Labute approximate surface area is 134 Å². The van der Waals surface area contributed by atoms with Crippen molar-refractivity contribution in [2.75, 3.05) is 32.4 Å². The van der Waals surface area contributed by atoms with Crippen LogP contribution in [0, 0.1) is 5.92 Å². The summed E-state index contributed by atoms with van der Waals surface area (Å²) in [6.07, 6.45) is 5.15. The third-order valence-electron chi connectivity index (χ3n) is 4.94. The molecule has 0 aromatic rings. The van der Waals surface area contributed by atoms with Gasteiger partial charge in [-0.1, -0.05) is 13.3 Å². The van der Waals surface area contributed by atoms with E-state index < -0.39 is 10.0 Å². The van der Waals surface area contributed by atoms with Crippen molar-refractivity contribution in [1.82, 2.24) is 14.5 Å². The van der Waals surface area contributed by atoms with Crippen LogP contribution in [0.5, 0.6) is 0 Å². The normalized spacial score (nSPS) is 28.8. The average molecular weight is 331 g/mol. The Morgan fingerprint density at radius 3 is 2.45 bits per heavy atom. The highest BCUT2D eigenvalue weighted by Gasteiger charge is 2.34. The quantitative estimate of drug-likeness (QED) is 0.803. The first-order chi connectivity index (χ1) is 10.3. The van der Waals surface area contributed by atoms with Crippen LogP contribution in [0.2, 0.25) is 0 Å². The first-order valence-electron chi connectivity index (χ1n) is 8.33. The lowest BCUT2D eigenvalue weighted by molar-refractivity contribution is -0.132. The molecule has 2 heterocycles. The molecule has 7 heteroatoms.